The second-order valence-corrected chi connectivity index (χ2v) is 5.46. The van der Waals surface area contributed by atoms with E-state index in [0.717, 1.165) is 5.56 Å². The van der Waals surface area contributed by atoms with E-state index < -0.39 is 5.91 Å². The summed E-state index contributed by atoms with van der Waals surface area (Å²) in [5.41, 5.74) is 1.53. The van der Waals surface area contributed by atoms with Crippen LogP contribution in [0.3, 0.4) is 0 Å². The Balaban J connectivity index is 1.98. The van der Waals surface area contributed by atoms with Crippen LogP contribution in [0.25, 0.3) is 6.08 Å². The lowest BCUT2D eigenvalue weighted by Crippen LogP contribution is -2.26. The Morgan fingerprint density at radius 1 is 1.19 bits per heavy atom. The molecule has 0 aliphatic carbocycles. The second kappa shape index (κ2) is 9.14. The van der Waals surface area contributed by atoms with Crippen molar-refractivity contribution < 1.29 is 19.4 Å². The molecule has 1 amide bonds. The molecule has 2 rings (SSSR count). The lowest BCUT2D eigenvalue weighted by Gasteiger charge is -2.10. The molecule has 0 atom stereocenters. The molecule has 134 valence electrons. The molecular formula is C20H20N2O4. The monoisotopic (exact) mass is 352 g/mol. The maximum Gasteiger partial charge on any atom is 0.261 e. The summed E-state index contributed by atoms with van der Waals surface area (Å²) in [5, 5.41) is 21.4. The van der Waals surface area contributed by atoms with Gasteiger partial charge >= 0.3 is 0 Å². The van der Waals surface area contributed by atoms with E-state index in [1.807, 2.05) is 18.2 Å². The number of phenols is 1. The molecule has 0 fully saturated rings. The molecule has 2 N–H and O–H groups in total. The molecule has 0 aliphatic rings. The van der Waals surface area contributed by atoms with Crippen molar-refractivity contribution in [2.45, 2.75) is 6.42 Å². The number of hydrogen-bond donors (Lipinski definition) is 2. The first-order chi connectivity index (χ1) is 12.6. The quantitative estimate of drug-likeness (QED) is 0.590. The van der Waals surface area contributed by atoms with Crippen LogP contribution in [0.2, 0.25) is 0 Å². The van der Waals surface area contributed by atoms with Gasteiger partial charge in [-0.1, -0.05) is 18.2 Å². The van der Waals surface area contributed by atoms with Crippen molar-refractivity contribution in [3.8, 4) is 23.3 Å². The number of ether oxygens (including phenoxy) is 2. The number of amides is 1. The second-order valence-electron chi connectivity index (χ2n) is 5.46. The standard InChI is InChI=1S/C20H20N2O4/c1-25-18-7-6-14(12-19(18)26-2)8-9-22-20(24)16(13-21)10-15-4-3-5-17(23)11-15/h3-7,10-12,23H,8-9H2,1-2H3,(H,22,24)/b16-10-. The molecule has 0 aliphatic heterocycles. The fraction of sp³-hybridized carbons (Fsp3) is 0.200. The minimum absolute atomic E-state index is 0.0251. The first-order valence-electron chi connectivity index (χ1n) is 7.97. The maximum absolute atomic E-state index is 12.2. The van der Waals surface area contributed by atoms with Crippen LogP contribution in [0.4, 0.5) is 0 Å². The topological polar surface area (TPSA) is 91.6 Å². The van der Waals surface area contributed by atoms with E-state index in [-0.39, 0.29) is 11.3 Å². The largest absolute Gasteiger partial charge is 0.508 e. The number of phenolic OH excluding ortho intramolecular Hbond substituents is 1. The zero-order valence-electron chi connectivity index (χ0n) is 14.7. The van der Waals surface area contributed by atoms with E-state index in [9.17, 15) is 15.2 Å². The average Bonchev–Trinajstić information content (AvgIpc) is 2.65. The molecule has 2 aromatic carbocycles. The lowest BCUT2D eigenvalue weighted by molar-refractivity contribution is -0.117. The molecule has 0 spiro atoms. The van der Waals surface area contributed by atoms with Gasteiger partial charge < -0.3 is 19.9 Å². The fourth-order valence-corrected chi connectivity index (χ4v) is 2.38. The number of nitriles is 1. The minimum Gasteiger partial charge on any atom is -0.508 e. The molecule has 0 radical (unpaired) electrons. The Hall–Kier alpha value is -3.46. The van der Waals surface area contributed by atoms with Crippen LogP contribution in [0.1, 0.15) is 11.1 Å². The third-order valence-corrected chi connectivity index (χ3v) is 3.69. The Bertz CT molecular complexity index is 853. The fourth-order valence-electron chi connectivity index (χ4n) is 2.38. The molecule has 0 saturated carbocycles. The van der Waals surface area contributed by atoms with Gasteiger partial charge in [0.2, 0.25) is 0 Å². The Morgan fingerprint density at radius 3 is 2.62 bits per heavy atom. The van der Waals surface area contributed by atoms with Crippen LogP contribution in [-0.4, -0.2) is 31.8 Å². The molecular weight excluding hydrogens is 332 g/mol. The van der Waals surface area contributed by atoms with Gasteiger partial charge in [0.15, 0.2) is 11.5 Å². The number of benzene rings is 2. The number of nitrogens with one attached hydrogen (secondary N) is 1. The van der Waals surface area contributed by atoms with E-state index in [0.29, 0.717) is 30.0 Å². The van der Waals surface area contributed by atoms with Crippen LogP contribution in [0.5, 0.6) is 17.2 Å². The zero-order valence-corrected chi connectivity index (χ0v) is 14.7. The predicted molar refractivity (Wildman–Crippen MR) is 98.0 cm³/mol. The maximum atomic E-state index is 12.2. The van der Waals surface area contributed by atoms with Crippen molar-refractivity contribution in [2.75, 3.05) is 20.8 Å². The number of rotatable bonds is 7. The number of methoxy groups -OCH3 is 2. The van der Waals surface area contributed by atoms with E-state index in [2.05, 4.69) is 5.32 Å². The summed E-state index contributed by atoms with van der Waals surface area (Å²) in [7, 11) is 3.13. The first-order valence-corrected chi connectivity index (χ1v) is 7.97. The lowest BCUT2D eigenvalue weighted by atomic mass is 10.1. The molecule has 6 nitrogen and oxygen atoms in total. The average molecular weight is 352 g/mol. The van der Waals surface area contributed by atoms with E-state index >= 15 is 0 Å². The van der Waals surface area contributed by atoms with Gasteiger partial charge in [-0.2, -0.15) is 5.26 Å². The van der Waals surface area contributed by atoms with Crippen molar-refractivity contribution in [1.29, 1.82) is 5.26 Å². The van der Waals surface area contributed by atoms with Gasteiger partial charge in [0.05, 0.1) is 14.2 Å². The molecule has 0 aromatic heterocycles. The van der Waals surface area contributed by atoms with Crippen molar-refractivity contribution in [1.82, 2.24) is 5.32 Å². The molecule has 2 aromatic rings. The third kappa shape index (κ3) is 5.02. The van der Waals surface area contributed by atoms with E-state index in [1.54, 1.807) is 32.4 Å². The van der Waals surface area contributed by atoms with Gasteiger partial charge in [0.1, 0.15) is 17.4 Å². The summed E-state index contributed by atoms with van der Waals surface area (Å²) in [4.78, 5) is 12.2. The van der Waals surface area contributed by atoms with Crippen molar-refractivity contribution >= 4 is 12.0 Å². The molecule has 26 heavy (non-hydrogen) atoms. The van der Waals surface area contributed by atoms with Crippen LogP contribution < -0.4 is 14.8 Å². The summed E-state index contributed by atoms with van der Waals surface area (Å²) in [6.07, 6.45) is 2.02. The zero-order chi connectivity index (χ0) is 18.9. The summed E-state index contributed by atoms with van der Waals surface area (Å²) >= 11 is 0. The van der Waals surface area contributed by atoms with Gasteiger partial charge in [-0.25, -0.2) is 0 Å². The SMILES string of the molecule is COc1ccc(CCNC(=O)/C(C#N)=C\c2cccc(O)c2)cc1OC. The Morgan fingerprint density at radius 2 is 1.96 bits per heavy atom. The van der Waals surface area contributed by atoms with Gasteiger partial charge in [0.25, 0.3) is 5.91 Å². The molecule has 0 heterocycles. The third-order valence-electron chi connectivity index (χ3n) is 3.69. The molecule has 0 unspecified atom stereocenters. The number of aromatic hydroxyl groups is 1. The highest BCUT2D eigenvalue weighted by molar-refractivity contribution is 6.01. The summed E-state index contributed by atoms with van der Waals surface area (Å²) < 4.78 is 10.4. The number of carbonyl (C=O) groups excluding carboxylic acids is 1. The number of nitrogens with zero attached hydrogens (tertiary/aromatic N) is 1. The predicted octanol–water partition coefficient (Wildman–Crippen LogP) is 2.68. The Kier molecular flexibility index (Phi) is 6.63. The molecule has 0 bridgehead atoms. The van der Waals surface area contributed by atoms with Gasteiger partial charge in [0, 0.05) is 6.54 Å². The van der Waals surface area contributed by atoms with Gasteiger partial charge in [-0.3, -0.25) is 4.79 Å². The Labute approximate surface area is 152 Å². The molecule has 0 saturated heterocycles. The minimum atomic E-state index is -0.462. The van der Waals surface area contributed by atoms with Crippen LogP contribution in [-0.2, 0) is 11.2 Å². The highest BCUT2D eigenvalue weighted by Crippen LogP contribution is 2.27. The number of hydrogen-bond acceptors (Lipinski definition) is 5. The van der Waals surface area contributed by atoms with Gasteiger partial charge in [-0.15, -0.1) is 0 Å². The highest BCUT2D eigenvalue weighted by Gasteiger charge is 2.09. The summed E-state index contributed by atoms with van der Waals surface area (Å²) in [6.45, 7) is 0.368. The van der Waals surface area contributed by atoms with Crippen molar-refractivity contribution in [3.05, 3.63) is 59.2 Å². The summed E-state index contributed by atoms with van der Waals surface area (Å²) in [5.74, 6) is 0.875. The smallest absolute Gasteiger partial charge is 0.261 e. The number of carbonyl (C=O) groups is 1. The highest BCUT2D eigenvalue weighted by atomic mass is 16.5. The van der Waals surface area contributed by atoms with Crippen LogP contribution in [0, 0.1) is 11.3 Å². The molecule has 6 heteroatoms. The van der Waals surface area contributed by atoms with Gasteiger partial charge in [-0.05, 0) is 47.9 Å². The van der Waals surface area contributed by atoms with Crippen molar-refractivity contribution in [3.63, 3.8) is 0 Å². The van der Waals surface area contributed by atoms with Crippen LogP contribution in [0.15, 0.2) is 48.0 Å². The normalized spacial score (nSPS) is 10.7. The van der Waals surface area contributed by atoms with E-state index in [1.165, 1.54) is 18.2 Å². The van der Waals surface area contributed by atoms with Crippen molar-refractivity contribution in [2.24, 2.45) is 0 Å². The van der Waals surface area contributed by atoms with E-state index in [4.69, 9.17) is 9.47 Å². The first kappa shape index (κ1) is 18.9. The van der Waals surface area contributed by atoms with Crippen LogP contribution >= 0.6 is 0 Å². The summed E-state index contributed by atoms with van der Waals surface area (Å²) in [6, 6.07) is 13.8.